The van der Waals surface area contributed by atoms with Gasteiger partial charge in [-0.05, 0) is 0 Å². The highest BCUT2D eigenvalue weighted by Gasteiger charge is 2.26. The topological polar surface area (TPSA) is 120 Å². The fourth-order valence-corrected chi connectivity index (χ4v) is 1.21. The van der Waals surface area contributed by atoms with Gasteiger partial charge in [0.05, 0.1) is 6.54 Å². The second-order valence-corrected chi connectivity index (χ2v) is 3.10. The molecule has 1 aliphatic heterocycles. The first-order valence-electron chi connectivity index (χ1n) is 4.55. The standard InChI is InChI=1S/C8H12N2O6/c11-5(12)3-10-2-1-9-7(10)8(15)16-4-6(13)14/h6,13-14H,1-4H2,(H,11,12). The third-order valence-corrected chi connectivity index (χ3v) is 1.80. The van der Waals surface area contributed by atoms with Crippen LogP contribution in [-0.4, -0.2) is 70.5 Å². The summed E-state index contributed by atoms with van der Waals surface area (Å²) in [6, 6.07) is 0. The molecule has 8 nitrogen and oxygen atoms in total. The number of aliphatic hydroxyl groups excluding tert-OH is 1. The number of amidine groups is 1. The zero-order valence-electron chi connectivity index (χ0n) is 8.37. The van der Waals surface area contributed by atoms with Gasteiger partial charge >= 0.3 is 11.9 Å². The van der Waals surface area contributed by atoms with Gasteiger partial charge in [0.1, 0.15) is 13.2 Å². The van der Waals surface area contributed by atoms with Crippen molar-refractivity contribution in [2.45, 2.75) is 6.29 Å². The van der Waals surface area contributed by atoms with Gasteiger partial charge in [0.15, 0.2) is 6.29 Å². The minimum absolute atomic E-state index is 0.0944. The number of rotatable bonds is 5. The van der Waals surface area contributed by atoms with Gasteiger partial charge in [0.25, 0.3) is 0 Å². The van der Waals surface area contributed by atoms with Gasteiger partial charge in [-0.25, -0.2) is 4.79 Å². The molecule has 0 bridgehead atoms. The number of ether oxygens (including phenoxy) is 1. The molecule has 0 aromatic heterocycles. The van der Waals surface area contributed by atoms with Crippen LogP contribution in [-0.2, 0) is 14.3 Å². The van der Waals surface area contributed by atoms with Crippen molar-refractivity contribution in [3.8, 4) is 0 Å². The first-order chi connectivity index (χ1) is 7.50. The average Bonchev–Trinajstić information content (AvgIpc) is 2.61. The van der Waals surface area contributed by atoms with Crippen LogP contribution < -0.4 is 0 Å². The van der Waals surface area contributed by atoms with Crippen molar-refractivity contribution < 1.29 is 29.6 Å². The summed E-state index contributed by atoms with van der Waals surface area (Å²) in [4.78, 5) is 26.8. The molecule has 90 valence electrons. The van der Waals surface area contributed by atoms with E-state index in [-0.39, 0.29) is 12.4 Å². The first-order valence-corrected chi connectivity index (χ1v) is 4.55. The Labute approximate surface area is 90.8 Å². The summed E-state index contributed by atoms with van der Waals surface area (Å²) in [6.45, 7) is -0.258. The van der Waals surface area contributed by atoms with Crippen molar-refractivity contribution in [2.24, 2.45) is 4.99 Å². The molecule has 3 N–H and O–H groups in total. The monoisotopic (exact) mass is 232 g/mol. The molecule has 0 aliphatic carbocycles. The number of carboxylic acids is 1. The van der Waals surface area contributed by atoms with E-state index in [1.165, 1.54) is 4.90 Å². The third kappa shape index (κ3) is 3.48. The fourth-order valence-electron chi connectivity index (χ4n) is 1.21. The van der Waals surface area contributed by atoms with Gasteiger partial charge in [-0.1, -0.05) is 0 Å². The number of aliphatic hydroxyl groups is 2. The van der Waals surface area contributed by atoms with E-state index in [9.17, 15) is 9.59 Å². The molecule has 0 spiro atoms. The summed E-state index contributed by atoms with van der Waals surface area (Å²) in [5, 5.41) is 25.5. The van der Waals surface area contributed by atoms with E-state index in [1.54, 1.807) is 0 Å². The lowest BCUT2D eigenvalue weighted by atomic mass is 10.4. The Balaban J connectivity index is 2.51. The summed E-state index contributed by atoms with van der Waals surface area (Å²) >= 11 is 0. The lowest BCUT2D eigenvalue weighted by Gasteiger charge is -2.16. The highest BCUT2D eigenvalue weighted by molar-refractivity contribution is 6.35. The van der Waals surface area contributed by atoms with Gasteiger partial charge in [-0.2, -0.15) is 0 Å². The summed E-state index contributed by atoms with van der Waals surface area (Å²) in [6.07, 6.45) is -1.75. The molecule has 0 unspecified atom stereocenters. The van der Waals surface area contributed by atoms with Crippen LogP contribution in [0.2, 0.25) is 0 Å². The van der Waals surface area contributed by atoms with E-state index in [0.29, 0.717) is 13.1 Å². The van der Waals surface area contributed by atoms with E-state index in [2.05, 4.69) is 9.73 Å². The van der Waals surface area contributed by atoms with E-state index < -0.39 is 24.8 Å². The third-order valence-electron chi connectivity index (χ3n) is 1.80. The molecule has 0 aromatic carbocycles. The van der Waals surface area contributed by atoms with Crippen LogP contribution in [0.25, 0.3) is 0 Å². The summed E-state index contributed by atoms with van der Waals surface area (Å²) in [7, 11) is 0. The molecular formula is C8H12N2O6. The number of carboxylic acid groups (broad SMARTS) is 1. The zero-order chi connectivity index (χ0) is 12.1. The number of carbonyl (C=O) groups excluding carboxylic acids is 1. The summed E-state index contributed by atoms with van der Waals surface area (Å²) < 4.78 is 4.49. The Kier molecular flexibility index (Phi) is 4.20. The normalized spacial score (nSPS) is 15.2. The molecule has 0 saturated heterocycles. The van der Waals surface area contributed by atoms with Crippen LogP contribution in [0.15, 0.2) is 4.99 Å². The van der Waals surface area contributed by atoms with Gasteiger partial charge in [0.2, 0.25) is 5.84 Å². The van der Waals surface area contributed by atoms with Crippen LogP contribution in [0.3, 0.4) is 0 Å². The Morgan fingerprint density at radius 1 is 1.50 bits per heavy atom. The van der Waals surface area contributed by atoms with Crippen molar-refractivity contribution >= 4 is 17.8 Å². The number of esters is 1. The highest BCUT2D eigenvalue weighted by atomic mass is 16.6. The predicted molar refractivity (Wildman–Crippen MR) is 50.7 cm³/mol. The van der Waals surface area contributed by atoms with Crippen LogP contribution in [0.5, 0.6) is 0 Å². The Hall–Kier alpha value is -1.67. The molecule has 8 heteroatoms. The van der Waals surface area contributed by atoms with Crippen molar-refractivity contribution in [2.75, 3.05) is 26.2 Å². The second-order valence-electron chi connectivity index (χ2n) is 3.10. The molecule has 0 radical (unpaired) electrons. The van der Waals surface area contributed by atoms with Crippen molar-refractivity contribution in [3.05, 3.63) is 0 Å². The quantitative estimate of drug-likeness (QED) is 0.358. The van der Waals surface area contributed by atoms with Gasteiger partial charge in [-0.3, -0.25) is 9.79 Å². The second kappa shape index (κ2) is 5.42. The Morgan fingerprint density at radius 3 is 2.75 bits per heavy atom. The molecular weight excluding hydrogens is 220 g/mol. The molecule has 1 heterocycles. The van der Waals surface area contributed by atoms with Gasteiger partial charge in [0, 0.05) is 6.54 Å². The number of aliphatic carboxylic acids is 1. The van der Waals surface area contributed by atoms with E-state index in [0.717, 1.165) is 0 Å². The van der Waals surface area contributed by atoms with Gasteiger partial charge in [-0.15, -0.1) is 0 Å². The predicted octanol–water partition coefficient (Wildman–Crippen LogP) is -2.36. The number of nitrogens with zero attached hydrogens (tertiary/aromatic N) is 2. The van der Waals surface area contributed by atoms with Crippen LogP contribution in [0, 0.1) is 0 Å². The lowest BCUT2D eigenvalue weighted by molar-refractivity contribution is -0.149. The van der Waals surface area contributed by atoms with Crippen molar-refractivity contribution in [1.29, 1.82) is 0 Å². The molecule has 0 atom stereocenters. The van der Waals surface area contributed by atoms with E-state index in [1.807, 2.05) is 0 Å². The van der Waals surface area contributed by atoms with Crippen LogP contribution in [0.4, 0.5) is 0 Å². The average molecular weight is 232 g/mol. The minimum Gasteiger partial charge on any atom is -0.480 e. The molecule has 1 rings (SSSR count). The maximum atomic E-state index is 11.3. The maximum Gasteiger partial charge on any atom is 0.374 e. The lowest BCUT2D eigenvalue weighted by Crippen LogP contribution is -2.39. The van der Waals surface area contributed by atoms with Crippen molar-refractivity contribution in [1.82, 2.24) is 4.90 Å². The van der Waals surface area contributed by atoms with E-state index in [4.69, 9.17) is 15.3 Å². The molecule has 0 amide bonds. The zero-order valence-corrected chi connectivity index (χ0v) is 8.37. The maximum absolute atomic E-state index is 11.3. The molecule has 16 heavy (non-hydrogen) atoms. The van der Waals surface area contributed by atoms with Crippen molar-refractivity contribution in [3.63, 3.8) is 0 Å². The summed E-state index contributed by atoms with van der Waals surface area (Å²) in [5.74, 6) is -2.03. The molecule has 1 aliphatic rings. The van der Waals surface area contributed by atoms with Gasteiger partial charge < -0.3 is 25.0 Å². The Morgan fingerprint density at radius 2 is 2.19 bits per heavy atom. The first kappa shape index (κ1) is 12.4. The number of hydrogen-bond acceptors (Lipinski definition) is 7. The van der Waals surface area contributed by atoms with Crippen LogP contribution >= 0.6 is 0 Å². The molecule has 0 fully saturated rings. The number of hydrogen-bond donors (Lipinski definition) is 3. The fraction of sp³-hybridized carbons (Fsp3) is 0.625. The minimum atomic E-state index is -1.75. The smallest absolute Gasteiger partial charge is 0.374 e. The summed E-state index contributed by atoms with van der Waals surface area (Å²) in [5.41, 5.74) is 0. The Bertz CT molecular complexity index is 314. The number of carbonyl (C=O) groups is 2. The highest BCUT2D eigenvalue weighted by Crippen LogP contribution is 2.03. The molecule has 0 aromatic rings. The molecule has 0 saturated carbocycles. The van der Waals surface area contributed by atoms with E-state index >= 15 is 0 Å². The number of aliphatic imine (C=N–C) groups is 1. The largest absolute Gasteiger partial charge is 0.480 e. The van der Waals surface area contributed by atoms with Crippen LogP contribution in [0.1, 0.15) is 0 Å². The SMILES string of the molecule is O=C(O)CN1CCN=C1C(=O)OCC(O)O.